The van der Waals surface area contributed by atoms with E-state index in [-0.39, 0.29) is 28.1 Å². The first-order valence-corrected chi connectivity index (χ1v) is 8.15. The first-order chi connectivity index (χ1) is 13.4. The SMILES string of the molecule is O=c1ccn(-c2ccc(F)c(F)c2)nc1-c1nc(-c2ccc(F)c(Cl)c2)no1. The van der Waals surface area contributed by atoms with Crippen LogP contribution in [0.4, 0.5) is 13.2 Å². The lowest BCUT2D eigenvalue weighted by Crippen LogP contribution is -2.13. The van der Waals surface area contributed by atoms with E-state index in [0.29, 0.717) is 5.56 Å². The van der Waals surface area contributed by atoms with E-state index in [1.807, 2.05) is 0 Å². The van der Waals surface area contributed by atoms with E-state index < -0.39 is 22.9 Å². The van der Waals surface area contributed by atoms with E-state index in [0.717, 1.165) is 22.9 Å². The second-order valence-corrected chi connectivity index (χ2v) is 6.03. The summed E-state index contributed by atoms with van der Waals surface area (Å²) in [7, 11) is 0. The predicted octanol–water partition coefficient (Wildman–Crippen LogP) is 4.02. The lowest BCUT2D eigenvalue weighted by atomic mass is 10.2. The van der Waals surface area contributed by atoms with Crippen molar-refractivity contribution < 1.29 is 17.7 Å². The molecule has 2 aromatic heterocycles. The van der Waals surface area contributed by atoms with Crippen LogP contribution in [0, 0.1) is 17.5 Å². The minimum Gasteiger partial charge on any atom is -0.332 e. The Morgan fingerprint density at radius 2 is 1.75 bits per heavy atom. The van der Waals surface area contributed by atoms with E-state index in [1.165, 1.54) is 30.5 Å². The number of hydrogen-bond donors (Lipinski definition) is 0. The number of halogens is 4. The quantitative estimate of drug-likeness (QED) is 0.515. The van der Waals surface area contributed by atoms with Crippen LogP contribution in [0.1, 0.15) is 0 Å². The van der Waals surface area contributed by atoms with Crippen molar-refractivity contribution in [1.29, 1.82) is 0 Å². The number of nitrogens with zero attached hydrogens (tertiary/aromatic N) is 4. The predicted molar refractivity (Wildman–Crippen MR) is 93.4 cm³/mol. The highest BCUT2D eigenvalue weighted by Crippen LogP contribution is 2.24. The van der Waals surface area contributed by atoms with Crippen LogP contribution in [0.5, 0.6) is 0 Å². The molecule has 4 rings (SSSR count). The highest BCUT2D eigenvalue weighted by atomic mass is 35.5. The molecule has 0 amide bonds. The highest BCUT2D eigenvalue weighted by molar-refractivity contribution is 6.31. The van der Waals surface area contributed by atoms with Crippen molar-refractivity contribution in [1.82, 2.24) is 19.9 Å². The Morgan fingerprint density at radius 1 is 0.964 bits per heavy atom. The molecular weight excluding hydrogens is 397 g/mol. The van der Waals surface area contributed by atoms with Crippen molar-refractivity contribution in [3.05, 3.63) is 81.4 Å². The Hall–Kier alpha value is -3.46. The van der Waals surface area contributed by atoms with Crippen LogP contribution >= 0.6 is 11.6 Å². The Kier molecular flexibility index (Phi) is 4.44. The van der Waals surface area contributed by atoms with Crippen molar-refractivity contribution in [2.75, 3.05) is 0 Å². The van der Waals surface area contributed by atoms with Gasteiger partial charge in [-0.05, 0) is 30.3 Å². The fraction of sp³-hybridized carbons (Fsp3) is 0. The van der Waals surface area contributed by atoms with E-state index >= 15 is 0 Å². The third-order valence-electron chi connectivity index (χ3n) is 3.78. The standard InChI is InChI=1S/C18H8ClF3N4O2/c19-11-7-9(1-3-12(11)20)17-23-18(28-25-17)16-15(27)5-6-26(24-16)10-2-4-13(21)14(22)8-10/h1-8H. The minimum atomic E-state index is -1.06. The Labute approximate surface area is 159 Å². The van der Waals surface area contributed by atoms with Gasteiger partial charge >= 0.3 is 0 Å². The van der Waals surface area contributed by atoms with Crippen molar-refractivity contribution in [2.24, 2.45) is 0 Å². The summed E-state index contributed by atoms with van der Waals surface area (Å²) in [4.78, 5) is 16.2. The summed E-state index contributed by atoms with van der Waals surface area (Å²) in [6, 6.07) is 8.17. The summed E-state index contributed by atoms with van der Waals surface area (Å²) in [6.45, 7) is 0. The van der Waals surface area contributed by atoms with Crippen molar-refractivity contribution in [3.8, 4) is 28.7 Å². The molecule has 0 saturated carbocycles. The first kappa shape index (κ1) is 17.9. The molecule has 0 saturated heterocycles. The van der Waals surface area contributed by atoms with Gasteiger partial charge in [0.2, 0.25) is 11.3 Å². The second kappa shape index (κ2) is 6.93. The van der Waals surface area contributed by atoms with Gasteiger partial charge in [-0.2, -0.15) is 10.1 Å². The van der Waals surface area contributed by atoms with Gasteiger partial charge in [-0.3, -0.25) is 4.79 Å². The molecule has 6 nitrogen and oxygen atoms in total. The normalized spacial score (nSPS) is 11.0. The van der Waals surface area contributed by atoms with Crippen LogP contribution in [-0.2, 0) is 0 Å². The second-order valence-electron chi connectivity index (χ2n) is 5.62. The van der Waals surface area contributed by atoms with Crippen LogP contribution in [0.15, 0.2) is 58.0 Å². The largest absolute Gasteiger partial charge is 0.332 e. The zero-order valence-electron chi connectivity index (χ0n) is 13.7. The van der Waals surface area contributed by atoms with Crippen molar-refractivity contribution >= 4 is 11.6 Å². The molecule has 0 N–H and O–H groups in total. The first-order valence-electron chi connectivity index (χ1n) is 7.77. The maximum atomic E-state index is 13.5. The topological polar surface area (TPSA) is 73.8 Å². The van der Waals surface area contributed by atoms with Gasteiger partial charge in [0.05, 0.1) is 10.7 Å². The molecular formula is C18H8ClF3N4O2. The molecule has 0 aliphatic heterocycles. The summed E-state index contributed by atoms with van der Waals surface area (Å²) < 4.78 is 46.1. The van der Waals surface area contributed by atoms with Crippen LogP contribution in [-0.4, -0.2) is 19.9 Å². The zero-order valence-corrected chi connectivity index (χ0v) is 14.5. The smallest absolute Gasteiger partial charge is 0.282 e. The summed E-state index contributed by atoms with van der Waals surface area (Å²) in [5.41, 5.74) is -0.158. The van der Waals surface area contributed by atoms with Gasteiger partial charge < -0.3 is 4.52 Å². The van der Waals surface area contributed by atoms with E-state index in [2.05, 4.69) is 15.2 Å². The van der Waals surface area contributed by atoms with Crippen LogP contribution in [0.25, 0.3) is 28.7 Å². The molecule has 0 spiro atoms. The fourth-order valence-corrected chi connectivity index (χ4v) is 2.58. The lowest BCUT2D eigenvalue weighted by Gasteiger charge is -2.06. The minimum absolute atomic E-state index is 0.0707. The van der Waals surface area contributed by atoms with E-state index in [4.69, 9.17) is 16.1 Å². The lowest BCUT2D eigenvalue weighted by molar-refractivity contribution is 0.429. The van der Waals surface area contributed by atoms with Crippen LogP contribution in [0.3, 0.4) is 0 Å². The molecule has 0 bridgehead atoms. The molecule has 4 aromatic rings. The van der Waals surface area contributed by atoms with Crippen molar-refractivity contribution in [3.63, 3.8) is 0 Å². The maximum absolute atomic E-state index is 13.5. The Balaban J connectivity index is 1.75. The summed E-state index contributed by atoms with van der Waals surface area (Å²) in [5, 5.41) is 7.67. The number of rotatable bonds is 3. The summed E-state index contributed by atoms with van der Waals surface area (Å²) in [5.74, 6) is -2.80. The molecule has 2 heterocycles. The molecule has 10 heteroatoms. The van der Waals surface area contributed by atoms with Gasteiger partial charge in [-0.15, -0.1) is 0 Å². The van der Waals surface area contributed by atoms with Crippen LogP contribution < -0.4 is 5.43 Å². The molecule has 0 fully saturated rings. The Morgan fingerprint density at radius 3 is 2.50 bits per heavy atom. The molecule has 0 aliphatic carbocycles. The monoisotopic (exact) mass is 404 g/mol. The van der Waals surface area contributed by atoms with Gasteiger partial charge in [0.1, 0.15) is 5.82 Å². The zero-order chi connectivity index (χ0) is 19.8. The molecule has 0 unspecified atom stereocenters. The average Bonchev–Trinajstić information content (AvgIpc) is 3.16. The van der Waals surface area contributed by atoms with Gasteiger partial charge in [0.15, 0.2) is 17.3 Å². The molecule has 140 valence electrons. The van der Waals surface area contributed by atoms with Gasteiger partial charge in [0, 0.05) is 23.9 Å². The maximum Gasteiger partial charge on any atom is 0.282 e. The molecule has 0 radical (unpaired) electrons. The Bertz CT molecular complexity index is 1260. The third-order valence-corrected chi connectivity index (χ3v) is 4.07. The third kappa shape index (κ3) is 3.27. The van der Waals surface area contributed by atoms with E-state index in [1.54, 1.807) is 0 Å². The number of hydrogen-bond acceptors (Lipinski definition) is 5. The molecule has 28 heavy (non-hydrogen) atoms. The average molecular weight is 405 g/mol. The fourth-order valence-electron chi connectivity index (χ4n) is 2.40. The summed E-state index contributed by atoms with van der Waals surface area (Å²) in [6.07, 6.45) is 1.29. The highest BCUT2D eigenvalue weighted by Gasteiger charge is 2.17. The summed E-state index contributed by atoms with van der Waals surface area (Å²) >= 11 is 5.74. The molecule has 0 aliphatic rings. The van der Waals surface area contributed by atoms with Gasteiger partial charge in [-0.25, -0.2) is 17.9 Å². The van der Waals surface area contributed by atoms with E-state index in [9.17, 15) is 18.0 Å². The van der Waals surface area contributed by atoms with Crippen LogP contribution in [0.2, 0.25) is 5.02 Å². The molecule has 2 aromatic carbocycles. The van der Waals surface area contributed by atoms with Gasteiger partial charge in [-0.1, -0.05) is 16.8 Å². The van der Waals surface area contributed by atoms with Crippen molar-refractivity contribution in [2.45, 2.75) is 0 Å². The number of aromatic nitrogens is 4. The molecule has 0 atom stereocenters. The number of benzene rings is 2. The van der Waals surface area contributed by atoms with Gasteiger partial charge in [0.25, 0.3) is 5.89 Å².